The van der Waals surface area contributed by atoms with Gasteiger partial charge in [0.25, 0.3) is 0 Å². The van der Waals surface area contributed by atoms with Gasteiger partial charge in [-0.15, -0.1) is 0 Å². The maximum Gasteiger partial charge on any atom is 0.407 e. The zero-order valence-electron chi connectivity index (χ0n) is 18.7. The maximum atomic E-state index is 15.5. The highest BCUT2D eigenvalue weighted by molar-refractivity contribution is 7.22. The van der Waals surface area contributed by atoms with Gasteiger partial charge in [-0.1, -0.05) is 48.3 Å². The number of halogens is 2. The van der Waals surface area contributed by atoms with Crippen molar-refractivity contribution in [3.05, 3.63) is 35.2 Å². The van der Waals surface area contributed by atoms with Gasteiger partial charge >= 0.3 is 6.09 Å². The number of likely N-dealkylation sites (N-methyl/N-ethyl adjacent to an activating group) is 1. The molecule has 6 rings (SSSR count). The number of fused-ring (bicyclic) bond motifs is 2. The van der Waals surface area contributed by atoms with Gasteiger partial charge in [0.15, 0.2) is 10.9 Å². The molecule has 2 aromatic heterocycles. The van der Waals surface area contributed by atoms with Gasteiger partial charge in [0.2, 0.25) is 6.41 Å². The first-order valence-corrected chi connectivity index (χ1v) is 12.2. The number of rotatable bonds is 5. The zero-order valence-corrected chi connectivity index (χ0v) is 20.3. The molecule has 0 bridgehead atoms. The second-order valence-electron chi connectivity index (χ2n) is 8.49. The number of carbonyl (C=O) groups excluding carboxylic acids is 1. The molecule has 182 valence electrons. The number of anilines is 2. The number of amides is 2. The van der Waals surface area contributed by atoms with E-state index in [9.17, 15) is 9.59 Å². The van der Waals surface area contributed by atoms with Crippen LogP contribution in [0.4, 0.5) is 20.0 Å². The minimum atomic E-state index is -1.03. The van der Waals surface area contributed by atoms with E-state index in [1.165, 1.54) is 42.5 Å². The summed E-state index contributed by atoms with van der Waals surface area (Å²) < 4.78 is 16.3. The van der Waals surface area contributed by atoms with Crippen molar-refractivity contribution in [2.75, 3.05) is 30.4 Å². The Hall–Kier alpha value is -3.44. The maximum absolute atomic E-state index is 15.5. The quantitative estimate of drug-likeness (QED) is 0.315. The standard InChI is InChI=1S/C20H16ClFN6O3S.C3H6/c1-27(20(30)31)10-6-28(7-10)18-16(22)15(21)14(11-5-24-26-17(11)18)9-2-3-12-13(4-9)32-19(25-12)23-8-29;1-2-3-1/h2-5,8,10H,6-7H2,1H3,(H,24,26)(H,30,31)(H,23,25,29);1-3H2. The van der Waals surface area contributed by atoms with Crippen molar-refractivity contribution in [3.63, 3.8) is 0 Å². The molecule has 0 atom stereocenters. The third-order valence-electron chi connectivity index (χ3n) is 6.01. The summed E-state index contributed by atoms with van der Waals surface area (Å²) in [5, 5.41) is 19.7. The largest absolute Gasteiger partial charge is 0.465 e. The van der Waals surface area contributed by atoms with Gasteiger partial charge in [-0.05, 0) is 17.7 Å². The molecule has 35 heavy (non-hydrogen) atoms. The normalized spacial score (nSPS) is 14.9. The van der Waals surface area contributed by atoms with Crippen molar-refractivity contribution < 1.29 is 19.1 Å². The number of nitrogens with one attached hydrogen (secondary N) is 2. The van der Waals surface area contributed by atoms with E-state index in [1.54, 1.807) is 23.2 Å². The average molecular weight is 517 g/mol. The lowest BCUT2D eigenvalue weighted by atomic mass is 9.98. The van der Waals surface area contributed by atoms with Gasteiger partial charge in [-0.2, -0.15) is 5.10 Å². The van der Waals surface area contributed by atoms with E-state index in [0.29, 0.717) is 52.2 Å². The molecular weight excluding hydrogens is 495 g/mol. The number of hydrogen-bond donors (Lipinski definition) is 3. The molecule has 1 aliphatic carbocycles. The molecule has 4 aromatic rings. The predicted octanol–water partition coefficient (Wildman–Crippen LogP) is 5.17. The lowest BCUT2D eigenvalue weighted by Gasteiger charge is -2.44. The number of carbonyl (C=O) groups is 2. The van der Waals surface area contributed by atoms with E-state index in [0.717, 1.165) is 4.70 Å². The first kappa shape index (κ1) is 23.3. The summed E-state index contributed by atoms with van der Waals surface area (Å²) >= 11 is 7.83. The summed E-state index contributed by atoms with van der Waals surface area (Å²) in [6.45, 7) is 0.700. The van der Waals surface area contributed by atoms with Gasteiger partial charge in [0, 0.05) is 31.1 Å². The molecule has 2 aliphatic rings. The van der Waals surface area contributed by atoms with Crippen LogP contribution in [0.3, 0.4) is 0 Å². The molecule has 3 N–H and O–H groups in total. The molecule has 2 fully saturated rings. The summed E-state index contributed by atoms with van der Waals surface area (Å²) in [5.41, 5.74) is 2.65. The molecule has 3 heterocycles. The number of thiazole rings is 1. The second-order valence-corrected chi connectivity index (χ2v) is 9.90. The number of hydrogen-bond acceptors (Lipinski definition) is 6. The fourth-order valence-electron chi connectivity index (χ4n) is 3.91. The Morgan fingerprint density at radius 3 is 2.77 bits per heavy atom. The van der Waals surface area contributed by atoms with Crippen LogP contribution < -0.4 is 10.2 Å². The highest BCUT2D eigenvalue weighted by atomic mass is 35.5. The van der Waals surface area contributed by atoms with Crippen LogP contribution in [0.5, 0.6) is 0 Å². The number of aromatic amines is 1. The van der Waals surface area contributed by atoms with Crippen LogP contribution >= 0.6 is 22.9 Å². The summed E-state index contributed by atoms with van der Waals surface area (Å²) in [7, 11) is 1.49. The predicted molar refractivity (Wildman–Crippen MR) is 135 cm³/mol. The van der Waals surface area contributed by atoms with Gasteiger partial charge in [-0.25, -0.2) is 14.2 Å². The smallest absolute Gasteiger partial charge is 0.407 e. The molecule has 0 spiro atoms. The van der Waals surface area contributed by atoms with Crippen molar-refractivity contribution in [2.24, 2.45) is 0 Å². The van der Waals surface area contributed by atoms with E-state index in [-0.39, 0.29) is 16.8 Å². The minimum Gasteiger partial charge on any atom is -0.465 e. The fraction of sp³-hybridized carbons (Fsp3) is 0.304. The fourth-order valence-corrected chi connectivity index (χ4v) is 5.07. The Balaban J connectivity index is 0.000000786. The van der Waals surface area contributed by atoms with Crippen LogP contribution in [-0.4, -0.2) is 63.9 Å². The van der Waals surface area contributed by atoms with Crippen molar-refractivity contribution >= 4 is 67.4 Å². The molecule has 0 unspecified atom stereocenters. The monoisotopic (exact) mass is 516 g/mol. The van der Waals surface area contributed by atoms with Gasteiger partial charge in [0.1, 0.15) is 5.69 Å². The van der Waals surface area contributed by atoms with Crippen LogP contribution in [0.25, 0.3) is 32.2 Å². The van der Waals surface area contributed by atoms with Crippen LogP contribution in [0.2, 0.25) is 5.02 Å². The first-order valence-electron chi connectivity index (χ1n) is 11.0. The van der Waals surface area contributed by atoms with Crippen molar-refractivity contribution in [2.45, 2.75) is 25.3 Å². The summed E-state index contributed by atoms with van der Waals surface area (Å²) in [4.78, 5) is 29.2. The first-order chi connectivity index (χ1) is 16.9. The van der Waals surface area contributed by atoms with Crippen molar-refractivity contribution in [3.8, 4) is 11.1 Å². The lowest BCUT2D eigenvalue weighted by Crippen LogP contribution is -2.60. The number of benzene rings is 2. The molecule has 12 heteroatoms. The third kappa shape index (κ3) is 4.37. The Labute approximate surface area is 208 Å². The topological polar surface area (TPSA) is 114 Å². The van der Waals surface area contributed by atoms with E-state index in [1.807, 2.05) is 6.07 Å². The van der Waals surface area contributed by atoms with Crippen LogP contribution in [-0.2, 0) is 4.79 Å². The number of aromatic nitrogens is 3. The minimum absolute atomic E-state index is 0.0426. The van der Waals surface area contributed by atoms with E-state index in [2.05, 4.69) is 20.5 Å². The zero-order chi connectivity index (χ0) is 24.7. The van der Waals surface area contributed by atoms with Gasteiger partial charge in [0.05, 0.1) is 33.0 Å². The van der Waals surface area contributed by atoms with E-state index >= 15 is 4.39 Å². The highest BCUT2D eigenvalue weighted by Gasteiger charge is 2.36. The molecule has 9 nitrogen and oxygen atoms in total. The summed E-state index contributed by atoms with van der Waals surface area (Å²) in [6, 6.07) is 5.19. The van der Waals surface area contributed by atoms with Crippen molar-refractivity contribution in [1.29, 1.82) is 0 Å². The van der Waals surface area contributed by atoms with Gasteiger partial charge in [-0.3, -0.25) is 9.89 Å². The third-order valence-corrected chi connectivity index (χ3v) is 7.31. The number of carboxylic acid groups (broad SMARTS) is 1. The Bertz CT molecular complexity index is 1430. The van der Waals surface area contributed by atoms with Crippen LogP contribution in [0, 0.1) is 5.82 Å². The summed E-state index contributed by atoms with van der Waals surface area (Å²) in [5.74, 6) is -0.595. The summed E-state index contributed by atoms with van der Waals surface area (Å²) in [6.07, 6.45) is 5.63. The Kier molecular flexibility index (Phi) is 6.20. The van der Waals surface area contributed by atoms with E-state index in [4.69, 9.17) is 16.7 Å². The Morgan fingerprint density at radius 1 is 1.37 bits per heavy atom. The lowest BCUT2D eigenvalue weighted by molar-refractivity contribution is -0.105. The SMILES string of the molecule is C1CC1.CN(C(=O)O)C1CN(c2c(F)c(Cl)c(-c3ccc4nc(NC=O)sc4c3)c3cn[nH]c23)C1. The second kappa shape index (κ2) is 9.31. The van der Waals surface area contributed by atoms with Gasteiger partial charge < -0.3 is 20.2 Å². The number of nitrogens with zero attached hydrogens (tertiary/aromatic N) is 4. The molecular formula is C23H22ClFN6O3S. The molecule has 0 radical (unpaired) electrons. The molecule has 1 aliphatic heterocycles. The Morgan fingerprint density at radius 2 is 2.11 bits per heavy atom. The van der Waals surface area contributed by atoms with Crippen LogP contribution in [0.15, 0.2) is 24.4 Å². The molecule has 1 saturated heterocycles. The van der Waals surface area contributed by atoms with Crippen molar-refractivity contribution in [1.82, 2.24) is 20.1 Å². The number of H-pyrrole nitrogens is 1. The molecule has 2 aromatic carbocycles. The average Bonchev–Trinajstić information content (AvgIpc) is 3.52. The van der Waals surface area contributed by atoms with Crippen LogP contribution in [0.1, 0.15) is 19.3 Å². The van der Waals surface area contributed by atoms with E-state index < -0.39 is 11.9 Å². The molecule has 2 amide bonds. The highest BCUT2D eigenvalue weighted by Crippen LogP contribution is 2.44. The molecule has 1 saturated carbocycles.